The average molecular weight is 349 g/mol. The van der Waals surface area contributed by atoms with Gasteiger partial charge in [0.1, 0.15) is 0 Å². The van der Waals surface area contributed by atoms with E-state index in [9.17, 15) is 13.5 Å². The number of hydrogen-bond acceptors (Lipinski definition) is 5. The van der Waals surface area contributed by atoms with Crippen molar-refractivity contribution in [3.63, 3.8) is 0 Å². The Labute approximate surface area is 141 Å². The molecule has 3 rings (SSSR count). The van der Waals surface area contributed by atoms with Crippen LogP contribution in [-0.2, 0) is 10.0 Å². The Bertz CT molecular complexity index is 792. The number of aliphatic hydroxyl groups excluding tert-OH is 1. The van der Waals surface area contributed by atoms with E-state index in [1.165, 1.54) is 16.4 Å². The minimum absolute atomic E-state index is 0.0270. The fraction of sp³-hybridized carbons (Fsp3) is 0.294. The summed E-state index contributed by atoms with van der Waals surface area (Å²) in [6, 6.07) is 13.3. The van der Waals surface area contributed by atoms with Crippen molar-refractivity contribution in [2.24, 2.45) is 0 Å². The molecule has 2 aromatic carbocycles. The Balaban J connectivity index is 2.00. The van der Waals surface area contributed by atoms with Gasteiger partial charge in [0, 0.05) is 12.5 Å². The van der Waals surface area contributed by atoms with Crippen LogP contribution in [0.5, 0.6) is 11.5 Å². The lowest BCUT2D eigenvalue weighted by molar-refractivity contribution is 0.297. The van der Waals surface area contributed by atoms with Gasteiger partial charge in [0.2, 0.25) is 0 Å². The molecule has 128 valence electrons. The fourth-order valence-electron chi connectivity index (χ4n) is 2.50. The molecule has 0 atom stereocenters. The minimum Gasteiger partial charge on any atom is -0.490 e. The zero-order chi connectivity index (χ0) is 17.0. The van der Waals surface area contributed by atoms with Crippen molar-refractivity contribution in [1.29, 1.82) is 0 Å². The summed E-state index contributed by atoms with van der Waals surface area (Å²) in [7, 11) is -3.82. The Hall–Kier alpha value is -2.25. The van der Waals surface area contributed by atoms with Crippen LogP contribution in [0.3, 0.4) is 0 Å². The third kappa shape index (κ3) is 3.32. The topological polar surface area (TPSA) is 76.1 Å². The smallest absolute Gasteiger partial charge is 0.264 e. The zero-order valence-corrected chi connectivity index (χ0v) is 13.9. The molecule has 0 radical (unpaired) electrons. The van der Waals surface area contributed by atoms with Gasteiger partial charge in [-0.2, -0.15) is 0 Å². The van der Waals surface area contributed by atoms with Gasteiger partial charge in [0.15, 0.2) is 11.5 Å². The molecule has 0 fully saturated rings. The minimum atomic E-state index is -3.82. The van der Waals surface area contributed by atoms with Crippen LogP contribution in [0.15, 0.2) is 53.4 Å². The van der Waals surface area contributed by atoms with Crippen LogP contribution in [0.4, 0.5) is 5.69 Å². The molecule has 0 saturated carbocycles. The van der Waals surface area contributed by atoms with Crippen LogP contribution in [0.2, 0.25) is 0 Å². The summed E-state index contributed by atoms with van der Waals surface area (Å²) in [5, 5.41) is 9.29. The first kappa shape index (κ1) is 16.6. The second-order valence-corrected chi connectivity index (χ2v) is 7.16. The molecular formula is C17H19NO5S. The Morgan fingerprint density at radius 1 is 1.00 bits per heavy atom. The van der Waals surface area contributed by atoms with Crippen LogP contribution < -0.4 is 13.8 Å². The lowest BCUT2D eigenvalue weighted by atomic mass is 10.3. The molecule has 0 saturated heterocycles. The molecule has 0 aliphatic carbocycles. The molecule has 1 heterocycles. The normalized spacial score (nSPS) is 14.0. The first-order valence-corrected chi connectivity index (χ1v) is 9.15. The molecule has 0 aromatic heterocycles. The predicted molar refractivity (Wildman–Crippen MR) is 90.1 cm³/mol. The average Bonchev–Trinajstić information content (AvgIpc) is 2.85. The van der Waals surface area contributed by atoms with Crippen molar-refractivity contribution in [3.05, 3.63) is 48.5 Å². The van der Waals surface area contributed by atoms with Crippen molar-refractivity contribution < 1.29 is 23.0 Å². The second-order valence-electron chi connectivity index (χ2n) is 5.30. The lowest BCUT2D eigenvalue weighted by Gasteiger charge is -2.24. The Morgan fingerprint density at radius 2 is 1.71 bits per heavy atom. The van der Waals surface area contributed by atoms with Crippen molar-refractivity contribution >= 4 is 15.7 Å². The van der Waals surface area contributed by atoms with E-state index in [-0.39, 0.29) is 18.0 Å². The molecule has 0 spiro atoms. The van der Waals surface area contributed by atoms with Gasteiger partial charge in [-0.15, -0.1) is 0 Å². The van der Waals surface area contributed by atoms with E-state index in [1.54, 1.807) is 36.4 Å². The van der Waals surface area contributed by atoms with E-state index in [1.807, 2.05) is 0 Å². The van der Waals surface area contributed by atoms with E-state index in [0.717, 1.165) is 6.42 Å². The Morgan fingerprint density at radius 3 is 2.42 bits per heavy atom. The summed E-state index contributed by atoms with van der Waals surface area (Å²) in [6.07, 6.45) is 0.747. The van der Waals surface area contributed by atoms with E-state index in [0.29, 0.717) is 30.4 Å². The highest BCUT2D eigenvalue weighted by molar-refractivity contribution is 7.92. The summed E-state index contributed by atoms with van der Waals surface area (Å²) < 4.78 is 38.3. The molecule has 0 bridgehead atoms. The SMILES string of the molecule is O=S(=O)(c1ccc2c(c1)OCCCO2)N(CCO)c1ccccc1. The number of sulfonamides is 1. The van der Waals surface area contributed by atoms with Gasteiger partial charge >= 0.3 is 0 Å². The molecule has 2 aromatic rings. The van der Waals surface area contributed by atoms with Gasteiger partial charge in [-0.1, -0.05) is 18.2 Å². The van der Waals surface area contributed by atoms with Gasteiger partial charge in [-0.05, 0) is 24.3 Å². The highest BCUT2D eigenvalue weighted by Crippen LogP contribution is 2.33. The van der Waals surface area contributed by atoms with E-state index < -0.39 is 10.0 Å². The van der Waals surface area contributed by atoms with Gasteiger partial charge in [-0.25, -0.2) is 8.42 Å². The third-order valence-electron chi connectivity index (χ3n) is 3.65. The van der Waals surface area contributed by atoms with Crippen LogP contribution >= 0.6 is 0 Å². The fourth-order valence-corrected chi connectivity index (χ4v) is 3.98. The number of anilines is 1. The Kier molecular flexibility index (Phi) is 4.92. The number of hydrogen-bond donors (Lipinski definition) is 1. The number of para-hydroxylation sites is 1. The van der Waals surface area contributed by atoms with Crippen molar-refractivity contribution in [1.82, 2.24) is 0 Å². The summed E-state index contributed by atoms with van der Waals surface area (Å²) in [4.78, 5) is 0.101. The largest absolute Gasteiger partial charge is 0.490 e. The van der Waals surface area contributed by atoms with Gasteiger partial charge in [0.25, 0.3) is 10.0 Å². The van der Waals surface area contributed by atoms with Gasteiger partial charge < -0.3 is 14.6 Å². The summed E-state index contributed by atoms with van der Waals surface area (Å²) >= 11 is 0. The molecule has 1 N–H and O–H groups in total. The predicted octanol–water partition coefficient (Wildman–Crippen LogP) is 2.04. The van der Waals surface area contributed by atoms with Crippen LogP contribution in [0.1, 0.15) is 6.42 Å². The highest BCUT2D eigenvalue weighted by Gasteiger charge is 2.26. The molecule has 1 aliphatic rings. The first-order chi connectivity index (χ1) is 11.6. The highest BCUT2D eigenvalue weighted by atomic mass is 32.2. The summed E-state index contributed by atoms with van der Waals surface area (Å²) in [5.74, 6) is 0.963. The number of aliphatic hydroxyl groups is 1. The molecule has 0 amide bonds. The third-order valence-corrected chi connectivity index (χ3v) is 5.48. The number of fused-ring (bicyclic) bond motifs is 1. The van der Waals surface area contributed by atoms with Gasteiger partial charge in [0.05, 0.1) is 36.9 Å². The monoisotopic (exact) mass is 349 g/mol. The zero-order valence-electron chi connectivity index (χ0n) is 13.1. The number of nitrogens with zero attached hydrogens (tertiary/aromatic N) is 1. The maximum Gasteiger partial charge on any atom is 0.264 e. The molecular weight excluding hydrogens is 330 g/mol. The number of benzene rings is 2. The van der Waals surface area contributed by atoms with E-state index >= 15 is 0 Å². The van der Waals surface area contributed by atoms with Gasteiger partial charge in [-0.3, -0.25) is 4.31 Å². The van der Waals surface area contributed by atoms with Crippen molar-refractivity contribution in [2.75, 3.05) is 30.7 Å². The summed E-state index contributed by atoms with van der Waals surface area (Å²) in [6.45, 7) is 0.717. The summed E-state index contributed by atoms with van der Waals surface area (Å²) in [5.41, 5.74) is 0.499. The van der Waals surface area contributed by atoms with Crippen LogP contribution in [-0.4, -0.2) is 39.9 Å². The maximum atomic E-state index is 13.0. The second kappa shape index (κ2) is 7.11. The molecule has 24 heavy (non-hydrogen) atoms. The van der Waals surface area contributed by atoms with Crippen molar-refractivity contribution in [2.45, 2.75) is 11.3 Å². The maximum absolute atomic E-state index is 13.0. The van der Waals surface area contributed by atoms with Crippen LogP contribution in [0, 0.1) is 0 Å². The van der Waals surface area contributed by atoms with E-state index in [4.69, 9.17) is 9.47 Å². The molecule has 7 heteroatoms. The number of ether oxygens (including phenoxy) is 2. The molecule has 0 unspecified atom stereocenters. The van der Waals surface area contributed by atoms with Crippen molar-refractivity contribution in [3.8, 4) is 11.5 Å². The standard InChI is InChI=1S/C17H19NO5S/c19-10-9-18(14-5-2-1-3-6-14)24(20,21)15-7-8-16-17(13-15)23-12-4-11-22-16/h1-3,5-8,13,19H,4,9-12H2. The van der Waals surface area contributed by atoms with E-state index in [2.05, 4.69) is 0 Å². The molecule has 1 aliphatic heterocycles. The number of rotatable bonds is 5. The van der Waals surface area contributed by atoms with Crippen LogP contribution in [0.25, 0.3) is 0 Å². The first-order valence-electron chi connectivity index (χ1n) is 7.71. The quantitative estimate of drug-likeness (QED) is 0.894. The lowest BCUT2D eigenvalue weighted by Crippen LogP contribution is -2.33. The molecule has 6 nitrogen and oxygen atoms in total.